The normalized spacial score (nSPS) is 18.3. The molecule has 2 heterocycles. The van der Waals surface area contributed by atoms with Crippen molar-refractivity contribution in [3.05, 3.63) is 42.2 Å². The highest BCUT2D eigenvalue weighted by molar-refractivity contribution is 5.92. The fourth-order valence-corrected chi connectivity index (χ4v) is 3.24. The summed E-state index contributed by atoms with van der Waals surface area (Å²) in [6.07, 6.45) is 4.16. The van der Waals surface area contributed by atoms with E-state index in [0.29, 0.717) is 12.5 Å². The number of benzene rings is 1. The molecule has 6 heteroatoms. The van der Waals surface area contributed by atoms with Gasteiger partial charge in [-0.15, -0.1) is 0 Å². The Kier molecular flexibility index (Phi) is 5.71. The SMILES string of the molecule is CC(C)Oc1ccc(NC(=O)CN2CCC[C@H](c3ccn[nH]3)C2)cc1. The molecule has 1 fully saturated rings. The Balaban J connectivity index is 1.50. The zero-order valence-corrected chi connectivity index (χ0v) is 14.9. The Morgan fingerprint density at radius 3 is 2.84 bits per heavy atom. The van der Waals surface area contributed by atoms with Gasteiger partial charge in [0.1, 0.15) is 5.75 Å². The Labute approximate surface area is 148 Å². The Morgan fingerprint density at radius 1 is 1.36 bits per heavy atom. The van der Waals surface area contributed by atoms with E-state index in [2.05, 4.69) is 20.4 Å². The Morgan fingerprint density at radius 2 is 2.16 bits per heavy atom. The van der Waals surface area contributed by atoms with Crippen LogP contribution < -0.4 is 10.1 Å². The highest BCUT2D eigenvalue weighted by Gasteiger charge is 2.23. The molecule has 1 amide bonds. The van der Waals surface area contributed by atoms with E-state index in [9.17, 15) is 4.79 Å². The lowest BCUT2D eigenvalue weighted by molar-refractivity contribution is -0.117. The lowest BCUT2D eigenvalue weighted by atomic mass is 9.95. The fourth-order valence-electron chi connectivity index (χ4n) is 3.24. The average Bonchev–Trinajstić information content (AvgIpc) is 3.11. The van der Waals surface area contributed by atoms with Crippen molar-refractivity contribution in [1.29, 1.82) is 0 Å². The molecule has 0 aliphatic carbocycles. The quantitative estimate of drug-likeness (QED) is 0.847. The van der Waals surface area contributed by atoms with Crippen LogP contribution in [0.4, 0.5) is 5.69 Å². The van der Waals surface area contributed by atoms with Crippen molar-refractivity contribution >= 4 is 11.6 Å². The van der Waals surface area contributed by atoms with Crippen LogP contribution in [0.5, 0.6) is 5.75 Å². The molecule has 0 spiro atoms. The van der Waals surface area contributed by atoms with Gasteiger partial charge < -0.3 is 10.1 Å². The first-order valence-electron chi connectivity index (χ1n) is 8.88. The number of ether oxygens (including phenoxy) is 1. The van der Waals surface area contributed by atoms with Gasteiger partial charge in [-0.3, -0.25) is 14.8 Å². The molecular weight excluding hydrogens is 316 g/mol. The Bertz CT molecular complexity index is 667. The zero-order chi connectivity index (χ0) is 17.6. The van der Waals surface area contributed by atoms with Crippen LogP contribution in [0.25, 0.3) is 0 Å². The van der Waals surface area contributed by atoms with E-state index in [-0.39, 0.29) is 12.0 Å². The summed E-state index contributed by atoms with van der Waals surface area (Å²) in [6.45, 7) is 6.24. The van der Waals surface area contributed by atoms with E-state index < -0.39 is 0 Å². The molecule has 134 valence electrons. The number of aromatic nitrogens is 2. The summed E-state index contributed by atoms with van der Waals surface area (Å²) in [5.74, 6) is 1.26. The monoisotopic (exact) mass is 342 g/mol. The summed E-state index contributed by atoms with van der Waals surface area (Å²) in [5.41, 5.74) is 1.95. The van der Waals surface area contributed by atoms with Crippen molar-refractivity contribution < 1.29 is 9.53 Å². The minimum Gasteiger partial charge on any atom is -0.491 e. The molecule has 2 N–H and O–H groups in total. The summed E-state index contributed by atoms with van der Waals surface area (Å²) in [7, 11) is 0. The van der Waals surface area contributed by atoms with E-state index >= 15 is 0 Å². The molecule has 6 nitrogen and oxygen atoms in total. The van der Waals surface area contributed by atoms with Crippen LogP contribution in [0.2, 0.25) is 0 Å². The summed E-state index contributed by atoms with van der Waals surface area (Å²) in [4.78, 5) is 14.5. The number of H-pyrrole nitrogens is 1. The van der Waals surface area contributed by atoms with Gasteiger partial charge in [-0.05, 0) is 63.6 Å². The molecule has 1 aliphatic heterocycles. The largest absolute Gasteiger partial charge is 0.491 e. The first-order valence-corrected chi connectivity index (χ1v) is 8.88. The highest BCUT2D eigenvalue weighted by atomic mass is 16.5. The van der Waals surface area contributed by atoms with Crippen molar-refractivity contribution in [2.45, 2.75) is 38.7 Å². The van der Waals surface area contributed by atoms with Gasteiger partial charge in [0, 0.05) is 30.0 Å². The standard InChI is InChI=1S/C19H26N4O2/c1-14(2)25-17-7-5-16(6-8-17)21-19(24)13-23-11-3-4-15(12-23)18-9-10-20-22-18/h5-10,14-15H,3-4,11-13H2,1-2H3,(H,20,22)(H,21,24)/t15-/m0/s1. The minimum atomic E-state index is 0.0165. The second-order valence-corrected chi connectivity index (χ2v) is 6.83. The predicted molar refractivity (Wildman–Crippen MR) is 97.8 cm³/mol. The summed E-state index contributed by atoms with van der Waals surface area (Å²) in [5, 5.41) is 10.0. The third-order valence-electron chi connectivity index (χ3n) is 4.34. The van der Waals surface area contributed by atoms with E-state index in [4.69, 9.17) is 4.74 Å². The number of carbonyl (C=O) groups is 1. The van der Waals surface area contributed by atoms with Crippen molar-refractivity contribution in [3.8, 4) is 5.75 Å². The number of rotatable bonds is 6. The van der Waals surface area contributed by atoms with Crippen LogP contribution in [-0.4, -0.2) is 46.7 Å². The van der Waals surface area contributed by atoms with Gasteiger partial charge in [-0.2, -0.15) is 5.10 Å². The zero-order valence-electron chi connectivity index (χ0n) is 14.9. The molecule has 0 saturated carbocycles. The Hall–Kier alpha value is -2.34. The third-order valence-corrected chi connectivity index (χ3v) is 4.34. The van der Waals surface area contributed by atoms with E-state index in [0.717, 1.165) is 43.1 Å². The summed E-state index contributed by atoms with van der Waals surface area (Å²) >= 11 is 0. The molecule has 3 rings (SSSR count). The van der Waals surface area contributed by atoms with Crippen molar-refractivity contribution in [2.24, 2.45) is 0 Å². The van der Waals surface area contributed by atoms with Crippen LogP contribution in [0, 0.1) is 0 Å². The lowest BCUT2D eigenvalue weighted by Crippen LogP contribution is -2.39. The van der Waals surface area contributed by atoms with Gasteiger partial charge in [0.05, 0.1) is 12.6 Å². The van der Waals surface area contributed by atoms with E-state index in [1.165, 1.54) is 0 Å². The summed E-state index contributed by atoms with van der Waals surface area (Å²) < 4.78 is 5.61. The number of nitrogens with zero attached hydrogens (tertiary/aromatic N) is 2. The van der Waals surface area contributed by atoms with E-state index in [1.807, 2.05) is 44.2 Å². The van der Waals surface area contributed by atoms with Gasteiger partial charge in [-0.1, -0.05) is 0 Å². The number of carbonyl (C=O) groups excluding carboxylic acids is 1. The van der Waals surface area contributed by atoms with Gasteiger partial charge >= 0.3 is 0 Å². The molecule has 1 aliphatic rings. The molecule has 1 aromatic heterocycles. The number of hydrogen-bond acceptors (Lipinski definition) is 4. The number of aromatic amines is 1. The molecule has 1 saturated heterocycles. The molecule has 0 unspecified atom stereocenters. The van der Waals surface area contributed by atoms with Crippen molar-refractivity contribution in [3.63, 3.8) is 0 Å². The maximum absolute atomic E-state index is 12.3. The fraction of sp³-hybridized carbons (Fsp3) is 0.474. The van der Waals surface area contributed by atoms with Gasteiger partial charge in [-0.25, -0.2) is 0 Å². The molecule has 2 aromatic rings. The van der Waals surface area contributed by atoms with Crippen LogP contribution in [0.15, 0.2) is 36.5 Å². The molecular formula is C19H26N4O2. The number of likely N-dealkylation sites (tertiary alicyclic amines) is 1. The number of amides is 1. The highest BCUT2D eigenvalue weighted by Crippen LogP contribution is 2.25. The first-order chi connectivity index (χ1) is 12.1. The van der Waals surface area contributed by atoms with E-state index in [1.54, 1.807) is 6.20 Å². The lowest BCUT2D eigenvalue weighted by Gasteiger charge is -2.31. The smallest absolute Gasteiger partial charge is 0.238 e. The predicted octanol–water partition coefficient (Wildman–Crippen LogP) is 3.02. The maximum Gasteiger partial charge on any atom is 0.238 e. The average molecular weight is 342 g/mol. The van der Waals surface area contributed by atoms with Gasteiger partial charge in [0.2, 0.25) is 5.91 Å². The van der Waals surface area contributed by atoms with Gasteiger partial charge in [0.15, 0.2) is 0 Å². The van der Waals surface area contributed by atoms with Crippen LogP contribution in [0.1, 0.15) is 38.3 Å². The van der Waals surface area contributed by atoms with Crippen molar-refractivity contribution in [2.75, 3.05) is 25.0 Å². The molecule has 1 aromatic carbocycles. The topological polar surface area (TPSA) is 70.2 Å². The second kappa shape index (κ2) is 8.16. The van der Waals surface area contributed by atoms with Crippen LogP contribution in [0.3, 0.4) is 0 Å². The maximum atomic E-state index is 12.3. The minimum absolute atomic E-state index is 0.0165. The van der Waals surface area contributed by atoms with Crippen LogP contribution in [-0.2, 0) is 4.79 Å². The molecule has 25 heavy (non-hydrogen) atoms. The molecule has 0 bridgehead atoms. The second-order valence-electron chi connectivity index (χ2n) is 6.83. The number of nitrogens with one attached hydrogen (secondary N) is 2. The van der Waals surface area contributed by atoms with Gasteiger partial charge in [0.25, 0.3) is 0 Å². The van der Waals surface area contributed by atoms with Crippen LogP contribution >= 0.6 is 0 Å². The summed E-state index contributed by atoms with van der Waals surface area (Å²) in [6, 6.07) is 9.53. The molecule has 0 radical (unpaired) electrons. The number of hydrogen-bond donors (Lipinski definition) is 2. The van der Waals surface area contributed by atoms with Crippen molar-refractivity contribution in [1.82, 2.24) is 15.1 Å². The third kappa shape index (κ3) is 5.06. The molecule has 1 atom stereocenters. The number of anilines is 1. The first kappa shape index (κ1) is 17.5. The number of piperidine rings is 1.